The molecule has 0 aromatic heterocycles. The number of nitrogens with zero attached hydrogens (tertiary/aromatic N) is 1. The first-order valence-corrected chi connectivity index (χ1v) is 5.30. The molecule has 0 aliphatic heterocycles. The topological polar surface area (TPSA) is 23.5 Å². The maximum Gasteiger partial charge on any atom is 0.0487 e. The van der Waals surface area contributed by atoms with Crippen LogP contribution in [0.2, 0.25) is 0 Å². The van der Waals surface area contributed by atoms with Crippen LogP contribution in [0.1, 0.15) is 32.1 Å². The second kappa shape index (κ2) is 4.43. The van der Waals surface area contributed by atoms with E-state index in [4.69, 9.17) is 5.11 Å². The van der Waals surface area contributed by atoms with Crippen molar-refractivity contribution in [2.45, 2.75) is 32.1 Å². The van der Waals surface area contributed by atoms with Crippen LogP contribution in [0.5, 0.6) is 0 Å². The first-order chi connectivity index (χ1) is 6.08. The van der Waals surface area contributed by atoms with Crippen molar-refractivity contribution in [2.75, 3.05) is 27.7 Å². The third-order valence-electron chi connectivity index (χ3n) is 3.22. The molecule has 2 bridgehead atoms. The lowest BCUT2D eigenvalue weighted by atomic mass is 9.85. The van der Waals surface area contributed by atoms with Crippen molar-refractivity contribution < 1.29 is 5.11 Å². The number of rotatable bonds is 1. The van der Waals surface area contributed by atoms with Crippen LogP contribution in [-0.4, -0.2) is 37.8 Å². The number of hydrogen-bond donors (Lipinski definition) is 1. The minimum atomic E-state index is 0.407. The molecule has 0 saturated heterocycles. The van der Waals surface area contributed by atoms with Gasteiger partial charge in [0.25, 0.3) is 0 Å². The molecule has 1 N–H and O–H groups in total. The Morgan fingerprint density at radius 1 is 1.23 bits per heavy atom. The smallest absolute Gasteiger partial charge is 0.0487 e. The Hall–Kier alpha value is -0.0800. The molecular formula is C11H23NO. The molecule has 2 fully saturated rings. The van der Waals surface area contributed by atoms with Crippen molar-refractivity contribution >= 4 is 0 Å². The van der Waals surface area contributed by atoms with Gasteiger partial charge >= 0.3 is 0 Å². The van der Waals surface area contributed by atoms with Gasteiger partial charge in [-0.05, 0) is 64.6 Å². The van der Waals surface area contributed by atoms with Gasteiger partial charge in [0.2, 0.25) is 0 Å². The highest BCUT2D eigenvalue weighted by molar-refractivity contribution is 4.95. The van der Waals surface area contributed by atoms with Crippen molar-refractivity contribution in [2.24, 2.45) is 11.3 Å². The van der Waals surface area contributed by atoms with Crippen molar-refractivity contribution in [3.05, 3.63) is 0 Å². The summed E-state index contributed by atoms with van der Waals surface area (Å²) < 4.78 is 0. The molecule has 2 aliphatic carbocycles. The second-order valence-corrected chi connectivity index (χ2v) is 5.15. The van der Waals surface area contributed by atoms with Crippen molar-refractivity contribution in [3.63, 3.8) is 0 Å². The molecule has 78 valence electrons. The zero-order chi connectivity index (χ0) is 9.90. The minimum Gasteiger partial charge on any atom is -0.396 e. The Bertz CT molecular complexity index is 145. The van der Waals surface area contributed by atoms with E-state index in [-0.39, 0.29) is 0 Å². The molecule has 2 aliphatic rings. The highest BCUT2D eigenvalue weighted by Crippen LogP contribution is 2.53. The van der Waals surface area contributed by atoms with E-state index in [0.29, 0.717) is 12.0 Å². The van der Waals surface area contributed by atoms with Gasteiger partial charge in [-0.3, -0.25) is 0 Å². The standard InChI is InChI=1S/C8H14O.C3H9N/c9-6-8-3-1-7(5-8)2-4-8;1-4(2)3/h7,9H,1-6H2;1-3H3. The van der Waals surface area contributed by atoms with Crippen LogP contribution < -0.4 is 0 Å². The van der Waals surface area contributed by atoms with E-state index < -0.39 is 0 Å². The van der Waals surface area contributed by atoms with Gasteiger partial charge in [-0.25, -0.2) is 0 Å². The second-order valence-electron chi connectivity index (χ2n) is 5.15. The van der Waals surface area contributed by atoms with E-state index in [1.165, 1.54) is 32.1 Å². The maximum absolute atomic E-state index is 9.04. The van der Waals surface area contributed by atoms with Gasteiger partial charge in [0.15, 0.2) is 0 Å². The fourth-order valence-corrected chi connectivity index (χ4v) is 2.53. The van der Waals surface area contributed by atoms with Crippen molar-refractivity contribution in [1.29, 1.82) is 0 Å². The first kappa shape index (κ1) is 11.0. The predicted octanol–water partition coefficient (Wildman–Crippen LogP) is 1.74. The van der Waals surface area contributed by atoms with Gasteiger partial charge in [-0.15, -0.1) is 0 Å². The minimum absolute atomic E-state index is 0.407. The summed E-state index contributed by atoms with van der Waals surface area (Å²) in [5, 5.41) is 9.04. The molecule has 0 aromatic rings. The Morgan fingerprint density at radius 2 is 1.69 bits per heavy atom. The molecule has 2 rings (SSSR count). The normalized spacial score (nSPS) is 36.2. The number of fused-ring (bicyclic) bond motifs is 2. The number of aliphatic hydroxyl groups is 1. The van der Waals surface area contributed by atoms with E-state index in [9.17, 15) is 0 Å². The largest absolute Gasteiger partial charge is 0.396 e. The fraction of sp³-hybridized carbons (Fsp3) is 1.00. The molecule has 0 amide bonds. The number of hydrogen-bond acceptors (Lipinski definition) is 2. The van der Waals surface area contributed by atoms with Crippen LogP contribution in [0.15, 0.2) is 0 Å². The Labute approximate surface area is 81.9 Å². The zero-order valence-corrected chi connectivity index (χ0v) is 9.21. The van der Waals surface area contributed by atoms with E-state index in [1.54, 1.807) is 0 Å². The van der Waals surface area contributed by atoms with Crippen LogP contribution in [0.25, 0.3) is 0 Å². The first-order valence-electron chi connectivity index (χ1n) is 5.30. The molecule has 13 heavy (non-hydrogen) atoms. The summed E-state index contributed by atoms with van der Waals surface area (Å²) in [6, 6.07) is 0. The van der Waals surface area contributed by atoms with E-state index in [1.807, 2.05) is 26.0 Å². The molecule has 0 unspecified atom stereocenters. The Morgan fingerprint density at radius 3 is 1.85 bits per heavy atom. The highest BCUT2D eigenvalue weighted by atomic mass is 16.3. The molecule has 0 radical (unpaired) electrons. The molecule has 0 heterocycles. The molecule has 2 nitrogen and oxygen atoms in total. The molecule has 2 heteroatoms. The number of aliphatic hydroxyl groups excluding tert-OH is 1. The molecule has 0 spiro atoms. The van der Waals surface area contributed by atoms with Crippen molar-refractivity contribution in [1.82, 2.24) is 4.90 Å². The quantitative estimate of drug-likeness (QED) is 0.672. The summed E-state index contributed by atoms with van der Waals surface area (Å²) in [4.78, 5) is 2.00. The zero-order valence-electron chi connectivity index (χ0n) is 9.21. The maximum atomic E-state index is 9.04. The van der Waals surface area contributed by atoms with Gasteiger partial charge < -0.3 is 10.0 Å². The van der Waals surface area contributed by atoms with Crippen LogP contribution in [-0.2, 0) is 0 Å². The van der Waals surface area contributed by atoms with Gasteiger partial charge in [-0.2, -0.15) is 0 Å². The lowest BCUT2D eigenvalue weighted by Crippen LogP contribution is -2.18. The van der Waals surface area contributed by atoms with Gasteiger partial charge in [0.1, 0.15) is 0 Å². The molecule has 0 aromatic carbocycles. The summed E-state index contributed by atoms with van der Waals surface area (Å²) >= 11 is 0. The third kappa shape index (κ3) is 2.96. The molecule has 0 atom stereocenters. The molecule has 2 saturated carbocycles. The van der Waals surface area contributed by atoms with Crippen LogP contribution in [0.3, 0.4) is 0 Å². The van der Waals surface area contributed by atoms with Crippen LogP contribution in [0, 0.1) is 11.3 Å². The monoisotopic (exact) mass is 185 g/mol. The van der Waals surface area contributed by atoms with E-state index in [0.717, 1.165) is 5.92 Å². The predicted molar refractivity (Wildman–Crippen MR) is 55.7 cm³/mol. The fourth-order valence-electron chi connectivity index (χ4n) is 2.53. The average Bonchev–Trinajstić information content (AvgIpc) is 2.62. The van der Waals surface area contributed by atoms with Gasteiger partial charge in [0, 0.05) is 6.61 Å². The van der Waals surface area contributed by atoms with Gasteiger partial charge in [0.05, 0.1) is 0 Å². The summed E-state index contributed by atoms with van der Waals surface area (Å²) in [5.41, 5.74) is 0.407. The highest BCUT2D eigenvalue weighted by Gasteiger charge is 2.43. The molecular weight excluding hydrogens is 162 g/mol. The summed E-state index contributed by atoms with van der Waals surface area (Å²) in [6.07, 6.45) is 6.70. The van der Waals surface area contributed by atoms with E-state index in [2.05, 4.69) is 0 Å². The summed E-state index contributed by atoms with van der Waals surface area (Å²) in [5.74, 6) is 0.983. The van der Waals surface area contributed by atoms with Crippen LogP contribution >= 0.6 is 0 Å². The average molecular weight is 185 g/mol. The Kier molecular flexibility index (Phi) is 3.74. The SMILES string of the molecule is CN(C)C.OCC12CCC(CC1)C2. The third-order valence-corrected chi connectivity index (χ3v) is 3.22. The summed E-state index contributed by atoms with van der Waals surface area (Å²) in [7, 11) is 6.00. The Balaban J connectivity index is 0.000000184. The van der Waals surface area contributed by atoms with Crippen molar-refractivity contribution in [3.8, 4) is 0 Å². The van der Waals surface area contributed by atoms with E-state index >= 15 is 0 Å². The lowest BCUT2D eigenvalue weighted by Gasteiger charge is -2.22. The summed E-state index contributed by atoms with van der Waals surface area (Å²) in [6.45, 7) is 0.448. The van der Waals surface area contributed by atoms with Gasteiger partial charge in [-0.1, -0.05) is 0 Å². The lowest BCUT2D eigenvalue weighted by molar-refractivity contribution is 0.133. The van der Waals surface area contributed by atoms with Crippen LogP contribution in [0.4, 0.5) is 0 Å².